The molecular formula is C16H21IN6S. The highest BCUT2D eigenvalue weighted by Crippen LogP contribution is 2.34. The first kappa shape index (κ1) is 17.7. The molecule has 0 saturated carbocycles. The van der Waals surface area contributed by atoms with Crippen LogP contribution >= 0.6 is 30.3 Å². The maximum atomic E-state index is 4.61. The van der Waals surface area contributed by atoms with Gasteiger partial charge in [-0.1, -0.05) is 7.43 Å². The minimum atomic E-state index is 0. The molecule has 4 heterocycles. The Morgan fingerprint density at radius 1 is 1.29 bits per heavy atom. The number of piperidine rings is 1. The molecule has 3 aromatic heterocycles. The lowest BCUT2D eigenvalue weighted by Crippen LogP contribution is -2.29. The zero-order chi connectivity index (χ0) is 15.8. The molecular weight excluding hydrogens is 435 g/mol. The van der Waals surface area contributed by atoms with Crippen LogP contribution in [-0.2, 0) is 0 Å². The van der Waals surface area contributed by atoms with E-state index in [2.05, 4.69) is 62.5 Å². The second-order valence-corrected chi connectivity index (χ2v) is 7.46. The second-order valence-electron chi connectivity index (χ2n) is 5.78. The van der Waals surface area contributed by atoms with Gasteiger partial charge in [0.05, 0.1) is 23.6 Å². The minimum absolute atomic E-state index is 0. The molecule has 3 aromatic rings. The minimum Gasteiger partial charge on any atom is -0.317 e. The third kappa shape index (κ3) is 3.06. The highest BCUT2D eigenvalue weighted by atomic mass is 127. The lowest BCUT2D eigenvalue weighted by Gasteiger charge is -2.22. The van der Waals surface area contributed by atoms with Gasteiger partial charge in [-0.3, -0.25) is 8.65 Å². The summed E-state index contributed by atoms with van der Waals surface area (Å²) in [5.41, 5.74) is 4.22. The summed E-state index contributed by atoms with van der Waals surface area (Å²) >= 11 is 2.30. The highest BCUT2D eigenvalue weighted by molar-refractivity contribution is 14.2. The molecule has 0 unspecified atom stereocenters. The summed E-state index contributed by atoms with van der Waals surface area (Å²) in [5.74, 6) is 0. The predicted octanol–water partition coefficient (Wildman–Crippen LogP) is 4.01. The van der Waals surface area contributed by atoms with E-state index in [1.807, 2.05) is 13.1 Å². The third-order valence-corrected chi connectivity index (χ3v) is 6.09. The van der Waals surface area contributed by atoms with Gasteiger partial charge >= 0.3 is 0 Å². The Labute approximate surface area is 158 Å². The summed E-state index contributed by atoms with van der Waals surface area (Å²) in [6.07, 6.45) is 8.02. The van der Waals surface area contributed by atoms with Gasteiger partial charge in [0.15, 0.2) is 5.65 Å². The number of rotatable bonds is 3. The molecule has 1 aliphatic rings. The average molecular weight is 456 g/mol. The molecule has 4 rings (SSSR count). The van der Waals surface area contributed by atoms with Gasteiger partial charge < -0.3 is 5.32 Å². The van der Waals surface area contributed by atoms with Gasteiger partial charge in [-0.2, -0.15) is 5.10 Å². The molecule has 0 aliphatic carbocycles. The Morgan fingerprint density at radius 3 is 2.83 bits per heavy atom. The van der Waals surface area contributed by atoms with Crippen molar-refractivity contribution in [3.05, 3.63) is 30.5 Å². The van der Waals surface area contributed by atoms with Crippen LogP contribution < -0.4 is 5.32 Å². The molecule has 0 radical (unpaired) electrons. The number of halogens is 1. The molecule has 0 spiro atoms. The zero-order valence-corrected chi connectivity index (χ0v) is 15.7. The fourth-order valence-corrected chi connectivity index (χ4v) is 4.76. The molecule has 1 N–H and O–H groups in total. The number of aryl methyl sites for hydroxylation is 1. The van der Waals surface area contributed by atoms with E-state index >= 15 is 0 Å². The van der Waals surface area contributed by atoms with Crippen molar-refractivity contribution in [2.75, 3.05) is 13.1 Å². The van der Waals surface area contributed by atoms with Gasteiger partial charge in [0.2, 0.25) is 0 Å². The molecule has 8 heteroatoms. The summed E-state index contributed by atoms with van der Waals surface area (Å²) in [6, 6.07) is 2.66. The first-order valence-electron chi connectivity index (χ1n) is 7.65. The van der Waals surface area contributed by atoms with E-state index < -0.39 is 0 Å². The van der Waals surface area contributed by atoms with Crippen molar-refractivity contribution in [2.45, 2.75) is 33.2 Å². The van der Waals surface area contributed by atoms with Gasteiger partial charge in [0, 0.05) is 47.5 Å². The van der Waals surface area contributed by atoms with Gasteiger partial charge in [-0.25, -0.2) is 9.97 Å². The van der Waals surface area contributed by atoms with Crippen molar-refractivity contribution in [1.82, 2.24) is 29.0 Å². The molecule has 1 aliphatic heterocycles. The fraction of sp³-hybridized carbons (Fsp3) is 0.438. The van der Waals surface area contributed by atoms with Crippen LogP contribution in [-0.4, -0.2) is 36.8 Å². The Hall–Kier alpha value is -1.13. The Bertz CT molecular complexity index is 836. The molecule has 0 atom stereocenters. The Balaban J connectivity index is 0.00000169. The van der Waals surface area contributed by atoms with Crippen LogP contribution in [0.1, 0.15) is 32.0 Å². The summed E-state index contributed by atoms with van der Waals surface area (Å²) in [7, 11) is 1.63. The largest absolute Gasteiger partial charge is 0.317 e. The molecule has 0 bridgehead atoms. The predicted molar refractivity (Wildman–Crippen MR) is 108 cm³/mol. The fourth-order valence-electron chi connectivity index (χ4n) is 3.12. The van der Waals surface area contributed by atoms with Crippen LogP contribution in [0, 0.1) is 6.92 Å². The first-order valence-corrected chi connectivity index (χ1v) is 11.0. The lowest BCUT2D eigenvalue weighted by atomic mass is 10.1. The van der Waals surface area contributed by atoms with Gasteiger partial charge in [0.25, 0.3) is 0 Å². The van der Waals surface area contributed by atoms with Crippen LogP contribution in [0.25, 0.3) is 22.3 Å². The molecule has 128 valence electrons. The van der Waals surface area contributed by atoms with E-state index in [1.165, 1.54) is 0 Å². The summed E-state index contributed by atoms with van der Waals surface area (Å²) in [4.78, 5) is 8.75. The van der Waals surface area contributed by atoms with Crippen molar-refractivity contribution >= 4 is 41.4 Å². The molecule has 0 amide bonds. The SMILES string of the molecule is C.Cc1ncnc2c1cc(-c1cnn(C3CCNCC3)c1)n2SI. The third-order valence-electron chi connectivity index (χ3n) is 4.40. The van der Waals surface area contributed by atoms with Gasteiger partial charge in [0.1, 0.15) is 6.33 Å². The average Bonchev–Trinajstić information content (AvgIpc) is 3.20. The number of hydrogen-bond donors (Lipinski definition) is 1. The normalized spacial score (nSPS) is 15.6. The van der Waals surface area contributed by atoms with Crippen molar-refractivity contribution in [3.63, 3.8) is 0 Å². The number of nitrogens with zero attached hydrogens (tertiary/aromatic N) is 5. The summed E-state index contributed by atoms with van der Waals surface area (Å²) < 4.78 is 4.27. The van der Waals surface area contributed by atoms with Crippen molar-refractivity contribution in [2.24, 2.45) is 0 Å². The topological polar surface area (TPSA) is 60.6 Å². The Kier molecular flexibility index (Phi) is 5.46. The molecule has 24 heavy (non-hydrogen) atoms. The van der Waals surface area contributed by atoms with Gasteiger partial charge in [-0.05, 0) is 38.9 Å². The van der Waals surface area contributed by atoms with Crippen molar-refractivity contribution in [1.29, 1.82) is 0 Å². The van der Waals surface area contributed by atoms with E-state index in [9.17, 15) is 0 Å². The molecule has 1 fully saturated rings. The molecule has 6 nitrogen and oxygen atoms in total. The molecule has 0 aromatic carbocycles. The van der Waals surface area contributed by atoms with Crippen LogP contribution in [0.2, 0.25) is 0 Å². The van der Waals surface area contributed by atoms with Crippen molar-refractivity contribution in [3.8, 4) is 11.3 Å². The number of fused-ring (bicyclic) bond motifs is 1. The highest BCUT2D eigenvalue weighted by Gasteiger charge is 2.19. The maximum Gasteiger partial charge on any atom is 0.154 e. The standard InChI is InChI=1S/C15H17IN6S.CH4/c1-10-13-6-14(22(23-16)15(13)19-9-18-10)11-7-20-21(8-11)12-2-4-17-5-3-12;/h6-9,12,17H,2-5H2,1H3;1H4. The van der Waals surface area contributed by atoms with Crippen molar-refractivity contribution < 1.29 is 0 Å². The van der Waals surface area contributed by atoms with Crippen LogP contribution in [0.3, 0.4) is 0 Å². The quantitative estimate of drug-likeness (QED) is 0.604. The van der Waals surface area contributed by atoms with E-state index in [0.29, 0.717) is 6.04 Å². The summed E-state index contributed by atoms with van der Waals surface area (Å²) in [6.45, 7) is 4.16. The first-order chi connectivity index (χ1) is 11.3. The molecule has 1 saturated heterocycles. The summed E-state index contributed by atoms with van der Waals surface area (Å²) in [5, 5.41) is 9.11. The van der Waals surface area contributed by atoms with Crippen LogP contribution in [0.15, 0.2) is 24.8 Å². The number of hydrogen-bond acceptors (Lipinski definition) is 5. The number of aromatic nitrogens is 5. The lowest BCUT2D eigenvalue weighted by molar-refractivity contribution is 0.343. The van der Waals surface area contributed by atoms with E-state index in [0.717, 1.165) is 53.9 Å². The van der Waals surface area contributed by atoms with Crippen LogP contribution in [0.5, 0.6) is 0 Å². The monoisotopic (exact) mass is 456 g/mol. The van der Waals surface area contributed by atoms with E-state index in [4.69, 9.17) is 0 Å². The Morgan fingerprint density at radius 2 is 2.08 bits per heavy atom. The van der Waals surface area contributed by atoms with Crippen LogP contribution in [0.4, 0.5) is 0 Å². The number of nitrogens with one attached hydrogen (secondary N) is 1. The maximum absolute atomic E-state index is 4.61. The zero-order valence-electron chi connectivity index (χ0n) is 12.7. The van der Waals surface area contributed by atoms with E-state index in [-0.39, 0.29) is 7.43 Å². The smallest absolute Gasteiger partial charge is 0.154 e. The van der Waals surface area contributed by atoms with Gasteiger partial charge in [-0.15, -0.1) is 0 Å². The van der Waals surface area contributed by atoms with E-state index in [1.54, 1.807) is 15.4 Å². The second kappa shape index (κ2) is 7.40.